The van der Waals surface area contributed by atoms with Crippen LogP contribution in [0.4, 0.5) is 11.4 Å². The van der Waals surface area contributed by atoms with E-state index in [1.165, 1.54) is 13.8 Å². The van der Waals surface area contributed by atoms with E-state index in [2.05, 4.69) is 31.9 Å². The molecule has 0 aromatic heterocycles. The molecule has 0 aliphatic rings. The molecule has 6 amide bonds. The topological polar surface area (TPSA) is 316 Å². The Labute approximate surface area is 401 Å². The summed E-state index contributed by atoms with van der Waals surface area (Å²) in [6.07, 6.45) is -6.85. The van der Waals surface area contributed by atoms with Gasteiger partial charge in [0.15, 0.2) is 0 Å². The summed E-state index contributed by atoms with van der Waals surface area (Å²) in [6.45, 7) is -0.352. The molecule has 0 saturated carbocycles. The summed E-state index contributed by atoms with van der Waals surface area (Å²) < 4.78 is 1.05. The van der Waals surface area contributed by atoms with Crippen LogP contribution in [0.5, 0.6) is 0 Å². The fourth-order valence-corrected chi connectivity index (χ4v) is 13.0. The molecular formula is C31H36I6N6O13. The highest BCUT2D eigenvalue weighted by atomic mass is 127. The van der Waals surface area contributed by atoms with E-state index in [1.807, 2.05) is 0 Å². The van der Waals surface area contributed by atoms with Crippen LogP contribution < -0.4 is 31.9 Å². The highest BCUT2D eigenvalue weighted by Gasteiger charge is 2.31. The standard InChI is InChI=1S/C31H36I6N6O13/c1-9(46)26(51)42-24-20(34)14(18(32)16(22(24)36)30(55)40-5-12(49)7-44)28(53)38-3-11(48)4-39-29(54)15-19(33)17(31(56)41-6-13(50)8-45)23(37)25(21(15)35)43-27(52)10(2)47/h9-13,44-50H,3-8H2,1-2H3,(H,38,53)(H,39,54)(H,40,55)(H,41,56)(H,42,51)(H,43,52). The normalized spacial score (nSPS) is 13.8. The van der Waals surface area contributed by atoms with Crippen molar-refractivity contribution in [2.45, 2.75) is 44.4 Å². The van der Waals surface area contributed by atoms with Gasteiger partial charge in [-0.15, -0.1) is 0 Å². The Bertz CT molecular complexity index is 1720. The fourth-order valence-electron chi connectivity index (χ4n) is 4.20. The summed E-state index contributed by atoms with van der Waals surface area (Å²) in [5, 5.41) is 83.2. The van der Waals surface area contributed by atoms with Gasteiger partial charge < -0.3 is 67.6 Å². The third-order valence-corrected chi connectivity index (χ3v) is 13.7. The number of anilines is 2. The molecule has 0 aliphatic heterocycles. The SMILES string of the molecule is CC(O)C(=O)Nc1c(I)c(C(=O)NCC(O)CO)c(I)c(C(=O)NCC(O)CNC(=O)c2c(I)c(NC(=O)C(C)O)c(I)c(C(=O)NCC(O)CO)c2I)c1I. The number of benzene rings is 2. The first-order chi connectivity index (χ1) is 26.1. The number of amides is 6. The Hall–Kier alpha value is -0.640. The van der Waals surface area contributed by atoms with Crippen molar-refractivity contribution in [1.29, 1.82) is 0 Å². The smallest absolute Gasteiger partial charge is 0.253 e. The lowest BCUT2D eigenvalue weighted by Crippen LogP contribution is -2.41. The summed E-state index contributed by atoms with van der Waals surface area (Å²) in [7, 11) is 0. The van der Waals surface area contributed by atoms with Gasteiger partial charge in [0.1, 0.15) is 12.2 Å². The number of aliphatic hydroxyl groups excluding tert-OH is 7. The predicted octanol–water partition coefficient (Wildman–Crippen LogP) is -0.361. The van der Waals surface area contributed by atoms with Gasteiger partial charge in [0, 0.05) is 33.3 Å². The molecule has 4 unspecified atom stereocenters. The van der Waals surface area contributed by atoms with Crippen molar-refractivity contribution in [3.05, 3.63) is 43.7 Å². The second kappa shape index (κ2) is 24.0. The number of carbonyl (C=O) groups excluding carboxylic acids is 6. The van der Waals surface area contributed by atoms with Gasteiger partial charge in [-0.2, -0.15) is 0 Å². The Morgan fingerprint density at radius 3 is 0.893 bits per heavy atom. The van der Waals surface area contributed by atoms with Gasteiger partial charge in [-0.3, -0.25) is 28.8 Å². The second-order valence-electron chi connectivity index (χ2n) is 11.6. The summed E-state index contributed by atoms with van der Waals surface area (Å²) >= 11 is 10.7. The van der Waals surface area contributed by atoms with Crippen molar-refractivity contribution in [2.75, 3.05) is 50.0 Å². The highest BCUT2D eigenvalue weighted by Crippen LogP contribution is 2.37. The average Bonchev–Trinajstić information content (AvgIpc) is 3.13. The minimum atomic E-state index is -1.45. The van der Waals surface area contributed by atoms with Gasteiger partial charge in [0.25, 0.3) is 35.4 Å². The molecule has 19 nitrogen and oxygen atoms in total. The van der Waals surface area contributed by atoms with E-state index < -0.39 is 92.3 Å². The first-order valence-electron chi connectivity index (χ1n) is 15.9. The Morgan fingerprint density at radius 2 is 0.679 bits per heavy atom. The van der Waals surface area contributed by atoms with E-state index >= 15 is 0 Å². The molecule has 2 aromatic carbocycles. The summed E-state index contributed by atoms with van der Waals surface area (Å²) in [5.41, 5.74) is -0.205. The van der Waals surface area contributed by atoms with Crippen LogP contribution >= 0.6 is 136 Å². The van der Waals surface area contributed by atoms with Crippen molar-refractivity contribution in [3.8, 4) is 0 Å². The maximum absolute atomic E-state index is 13.6. The molecule has 0 fully saturated rings. The van der Waals surface area contributed by atoms with Gasteiger partial charge in [0.2, 0.25) is 0 Å². The quantitative estimate of drug-likeness (QED) is 0.0850. The van der Waals surface area contributed by atoms with E-state index in [0.717, 1.165) is 0 Å². The molecule has 0 saturated heterocycles. The van der Waals surface area contributed by atoms with E-state index in [0.29, 0.717) is 0 Å². The Balaban J connectivity index is 2.42. The van der Waals surface area contributed by atoms with Crippen molar-refractivity contribution in [3.63, 3.8) is 0 Å². The summed E-state index contributed by atoms with van der Waals surface area (Å²) in [5.74, 6) is -4.73. The van der Waals surface area contributed by atoms with Crippen molar-refractivity contribution >= 4 is 182 Å². The van der Waals surface area contributed by atoms with Gasteiger partial charge in [-0.25, -0.2) is 0 Å². The van der Waals surface area contributed by atoms with Crippen LogP contribution in [0.15, 0.2) is 0 Å². The van der Waals surface area contributed by atoms with Crippen LogP contribution in [-0.4, -0.2) is 141 Å². The van der Waals surface area contributed by atoms with E-state index in [1.54, 1.807) is 136 Å². The van der Waals surface area contributed by atoms with E-state index in [-0.39, 0.29) is 68.1 Å². The zero-order valence-electron chi connectivity index (χ0n) is 29.0. The number of carbonyl (C=O) groups is 6. The van der Waals surface area contributed by atoms with Gasteiger partial charge in [-0.1, -0.05) is 0 Å². The number of hydrogen-bond donors (Lipinski definition) is 13. The molecule has 0 radical (unpaired) electrons. The molecule has 13 N–H and O–H groups in total. The number of nitrogens with one attached hydrogen (secondary N) is 6. The lowest BCUT2D eigenvalue weighted by Gasteiger charge is -2.21. The highest BCUT2D eigenvalue weighted by molar-refractivity contribution is 14.1. The minimum absolute atomic E-state index is 0.0340. The number of halogens is 6. The van der Waals surface area contributed by atoms with Crippen LogP contribution in [0, 0.1) is 21.4 Å². The molecule has 0 heterocycles. The van der Waals surface area contributed by atoms with Gasteiger partial charge in [0.05, 0.1) is 79.4 Å². The maximum Gasteiger partial charge on any atom is 0.253 e. The Kier molecular flexibility index (Phi) is 22.0. The third-order valence-electron chi connectivity index (χ3n) is 7.21. The Morgan fingerprint density at radius 1 is 0.446 bits per heavy atom. The minimum Gasteiger partial charge on any atom is -0.394 e. The molecule has 25 heteroatoms. The van der Waals surface area contributed by atoms with Crippen LogP contribution in [0.1, 0.15) is 55.3 Å². The van der Waals surface area contributed by atoms with Crippen molar-refractivity contribution in [1.82, 2.24) is 21.3 Å². The van der Waals surface area contributed by atoms with Gasteiger partial charge >= 0.3 is 0 Å². The molecule has 56 heavy (non-hydrogen) atoms. The molecule has 0 bridgehead atoms. The fraction of sp³-hybridized carbons (Fsp3) is 0.419. The number of hydrogen-bond acceptors (Lipinski definition) is 13. The lowest BCUT2D eigenvalue weighted by molar-refractivity contribution is -0.123. The zero-order chi connectivity index (χ0) is 42.8. The predicted molar refractivity (Wildman–Crippen MR) is 251 cm³/mol. The zero-order valence-corrected chi connectivity index (χ0v) is 41.9. The average molecular weight is 1460 g/mol. The maximum atomic E-state index is 13.6. The molecule has 0 spiro atoms. The molecule has 4 atom stereocenters. The molecule has 0 aliphatic carbocycles. The molecule has 2 aromatic rings. The third kappa shape index (κ3) is 13.7. The molecule has 2 rings (SSSR count). The number of rotatable bonds is 18. The van der Waals surface area contributed by atoms with Crippen molar-refractivity contribution in [2.24, 2.45) is 0 Å². The second-order valence-corrected chi connectivity index (χ2v) is 18.1. The molecular weight excluding hydrogens is 1430 g/mol. The van der Waals surface area contributed by atoms with Crippen molar-refractivity contribution < 1.29 is 64.5 Å². The molecule has 310 valence electrons. The first-order valence-corrected chi connectivity index (χ1v) is 22.4. The van der Waals surface area contributed by atoms with E-state index in [9.17, 15) is 54.3 Å². The van der Waals surface area contributed by atoms with Gasteiger partial charge in [-0.05, 0) is 149 Å². The van der Waals surface area contributed by atoms with E-state index in [4.69, 9.17) is 10.2 Å². The lowest BCUT2D eigenvalue weighted by atomic mass is 10.1. The summed E-state index contributed by atoms with van der Waals surface area (Å²) in [6, 6.07) is 0. The van der Waals surface area contributed by atoms with Crippen LogP contribution in [-0.2, 0) is 9.59 Å². The first kappa shape index (κ1) is 51.5. The summed E-state index contributed by atoms with van der Waals surface area (Å²) in [4.78, 5) is 78.6. The monoisotopic (exact) mass is 1460 g/mol. The number of aliphatic hydroxyl groups is 7. The largest absolute Gasteiger partial charge is 0.394 e. The van der Waals surface area contributed by atoms with Crippen LogP contribution in [0.3, 0.4) is 0 Å². The van der Waals surface area contributed by atoms with Crippen LogP contribution in [0.25, 0.3) is 0 Å². The van der Waals surface area contributed by atoms with Crippen LogP contribution in [0.2, 0.25) is 0 Å².